The Kier molecular flexibility index (Phi) is 5.14. The highest BCUT2D eigenvalue weighted by atomic mass is 14.2. The molecule has 0 aliphatic heterocycles. The lowest BCUT2D eigenvalue weighted by molar-refractivity contribution is 0.590. The molecule has 0 fully saturated rings. The molecule has 2 aromatic carbocycles. The summed E-state index contributed by atoms with van der Waals surface area (Å²) in [6.45, 7) is 6.63. The van der Waals surface area contributed by atoms with Crippen molar-refractivity contribution < 1.29 is 0 Å². The first kappa shape index (κ1) is 14.0. The third-order valence-electron chi connectivity index (χ3n) is 2.43. The van der Waals surface area contributed by atoms with Crippen molar-refractivity contribution in [3.05, 3.63) is 71.8 Å². The Labute approximate surface area is 110 Å². The number of rotatable bonds is 0. The van der Waals surface area contributed by atoms with E-state index >= 15 is 0 Å². The molecule has 0 N–H and O–H groups in total. The zero-order chi connectivity index (χ0) is 13.4. The first-order valence-corrected chi connectivity index (χ1v) is 5.87. The zero-order valence-electron chi connectivity index (χ0n) is 11.1. The van der Waals surface area contributed by atoms with Gasteiger partial charge >= 0.3 is 0 Å². The third-order valence-corrected chi connectivity index (χ3v) is 2.43. The van der Waals surface area contributed by atoms with Crippen LogP contribution in [0.1, 0.15) is 31.9 Å². The van der Waals surface area contributed by atoms with Gasteiger partial charge in [-0.15, -0.1) is 0 Å². The van der Waals surface area contributed by atoms with Crippen LogP contribution in [-0.4, -0.2) is 0 Å². The van der Waals surface area contributed by atoms with E-state index in [2.05, 4.69) is 45.0 Å². The molecule has 0 atom stereocenters. The highest BCUT2D eigenvalue weighted by molar-refractivity contribution is 5.26. The van der Waals surface area contributed by atoms with Crippen molar-refractivity contribution >= 4 is 0 Å². The topological polar surface area (TPSA) is 23.8 Å². The SMILES string of the molecule is CC(C)(C)c1cc[c]cc1.N#Cc1cc[c]cc1. The predicted molar refractivity (Wildman–Crippen MR) is 74.0 cm³/mol. The second-order valence-corrected chi connectivity index (χ2v) is 4.94. The molecule has 0 aliphatic carbocycles. The summed E-state index contributed by atoms with van der Waals surface area (Å²) in [5.41, 5.74) is 2.32. The van der Waals surface area contributed by atoms with Gasteiger partial charge in [-0.1, -0.05) is 57.2 Å². The average molecular weight is 235 g/mol. The van der Waals surface area contributed by atoms with Gasteiger partial charge in [0.15, 0.2) is 0 Å². The molecule has 0 bridgehead atoms. The van der Waals surface area contributed by atoms with E-state index in [1.807, 2.05) is 18.2 Å². The fourth-order valence-corrected chi connectivity index (χ4v) is 1.35. The first-order chi connectivity index (χ1) is 8.54. The Morgan fingerprint density at radius 3 is 1.61 bits per heavy atom. The van der Waals surface area contributed by atoms with Crippen LogP contribution in [0.15, 0.2) is 48.5 Å². The standard InChI is InChI=1S/C10H13.C7H4N/c1-10(2,3)9-7-5-4-6-8-9;8-6-7-4-2-1-3-5-7/h5-8H,1-3H3;2-5H. The monoisotopic (exact) mass is 235 g/mol. The van der Waals surface area contributed by atoms with Gasteiger partial charge in [0.1, 0.15) is 0 Å². The van der Waals surface area contributed by atoms with Crippen molar-refractivity contribution in [1.82, 2.24) is 0 Å². The fraction of sp³-hybridized carbons (Fsp3) is 0.235. The van der Waals surface area contributed by atoms with Gasteiger partial charge in [-0.3, -0.25) is 0 Å². The molecular formula is C17H17N. The van der Waals surface area contributed by atoms with Crippen LogP contribution < -0.4 is 0 Å². The van der Waals surface area contributed by atoms with Crippen LogP contribution in [0.5, 0.6) is 0 Å². The van der Waals surface area contributed by atoms with Crippen LogP contribution in [0.25, 0.3) is 0 Å². The van der Waals surface area contributed by atoms with E-state index in [0.717, 1.165) is 0 Å². The summed E-state index contributed by atoms with van der Waals surface area (Å²) in [6, 6.07) is 22.9. The molecule has 0 spiro atoms. The Bertz CT molecular complexity index is 487. The summed E-state index contributed by atoms with van der Waals surface area (Å²) in [5.74, 6) is 0. The van der Waals surface area contributed by atoms with E-state index in [1.54, 1.807) is 24.3 Å². The maximum Gasteiger partial charge on any atom is 0.0991 e. The molecule has 1 heteroatoms. The fourth-order valence-electron chi connectivity index (χ4n) is 1.35. The number of nitrogens with zero attached hydrogens (tertiary/aromatic N) is 1. The van der Waals surface area contributed by atoms with E-state index in [-0.39, 0.29) is 5.41 Å². The van der Waals surface area contributed by atoms with E-state index in [0.29, 0.717) is 5.56 Å². The van der Waals surface area contributed by atoms with E-state index in [4.69, 9.17) is 5.26 Å². The largest absolute Gasteiger partial charge is 0.192 e. The zero-order valence-corrected chi connectivity index (χ0v) is 11.1. The summed E-state index contributed by atoms with van der Waals surface area (Å²) in [7, 11) is 0. The molecule has 0 unspecified atom stereocenters. The van der Waals surface area contributed by atoms with E-state index < -0.39 is 0 Å². The van der Waals surface area contributed by atoms with Gasteiger partial charge in [-0.05, 0) is 35.2 Å². The van der Waals surface area contributed by atoms with Crippen molar-refractivity contribution in [1.29, 1.82) is 5.26 Å². The molecular weight excluding hydrogens is 218 g/mol. The summed E-state index contributed by atoms with van der Waals surface area (Å²) < 4.78 is 0. The highest BCUT2D eigenvalue weighted by Crippen LogP contribution is 2.20. The number of hydrogen-bond donors (Lipinski definition) is 0. The van der Waals surface area contributed by atoms with Gasteiger partial charge < -0.3 is 0 Å². The maximum absolute atomic E-state index is 8.27. The molecule has 0 amide bonds. The molecule has 1 nitrogen and oxygen atoms in total. The lowest BCUT2D eigenvalue weighted by Crippen LogP contribution is -2.10. The molecule has 2 aromatic rings. The smallest absolute Gasteiger partial charge is 0.0991 e. The van der Waals surface area contributed by atoms with Gasteiger partial charge in [0.25, 0.3) is 0 Å². The maximum atomic E-state index is 8.27. The van der Waals surface area contributed by atoms with Crippen LogP contribution in [0.4, 0.5) is 0 Å². The number of hydrogen-bond acceptors (Lipinski definition) is 1. The molecule has 0 heterocycles. The first-order valence-electron chi connectivity index (χ1n) is 5.87. The molecule has 0 aliphatic rings. The van der Waals surface area contributed by atoms with Crippen molar-refractivity contribution in [3.8, 4) is 6.07 Å². The van der Waals surface area contributed by atoms with Crippen molar-refractivity contribution in [2.24, 2.45) is 0 Å². The molecule has 18 heavy (non-hydrogen) atoms. The normalized spacial score (nSPS) is 9.89. The van der Waals surface area contributed by atoms with Gasteiger partial charge in [0.05, 0.1) is 11.6 Å². The molecule has 90 valence electrons. The highest BCUT2D eigenvalue weighted by Gasteiger charge is 2.11. The summed E-state index contributed by atoms with van der Waals surface area (Å²) in [6.07, 6.45) is 0. The minimum Gasteiger partial charge on any atom is -0.192 e. The Balaban J connectivity index is 0.000000184. The average Bonchev–Trinajstić information content (AvgIpc) is 2.40. The van der Waals surface area contributed by atoms with Crippen molar-refractivity contribution in [2.45, 2.75) is 26.2 Å². The molecule has 0 aromatic heterocycles. The Morgan fingerprint density at radius 1 is 0.889 bits per heavy atom. The van der Waals surface area contributed by atoms with E-state index in [1.165, 1.54) is 5.56 Å². The van der Waals surface area contributed by atoms with Gasteiger partial charge in [-0.25, -0.2) is 0 Å². The van der Waals surface area contributed by atoms with Crippen LogP contribution in [0, 0.1) is 23.5 Å². The third kappa shape index (κ3) is 4.84. The van der Waals surface area contributed by atoms with Gasteiger partial charge in [0.2, 0.25) is 0 Å². The summed E-state index contributed by atoms with van der Waals surface area (Å²) >= 11 is 0. The molecule has 2 radical (unpaired) electrons. The molecule has 0 saturated heterocycles. The van der Waals surface area contributed by atoms with Crippen LogP contribution in [-0.2, 0) is 5.41 Å². The van der Waals surface area contributed by atoms with Crippen LogP contribution in [0.2, 0.25) is 0 Å². The Morgan fingerprint density at radius 2 is 1.33 bits per heavy atom. The van der Waals surface area contributed by atoms with E-state index in [9.17, 15) is 0 Å². The van der Waals surface area contributed by atoms with Gasteiger partial charge in [0, 0.05) is 0 Å². The summed E-state index contributed by atoms with van der Waals surface area (Å²) in [4.78, 5) is 0. The lowest BCUT2D eigenvalue weighted by atomic mass is 9.87. The molecule has 2 rings (SSSR count). The predicted octanol–water partition coefficient (Wildman–Crippen LogP) is 4.14. The van der Waals surface area contributed by atoms with Crippen molar-refractivity contribution in [2.75, 3.05) is 0 Å². The number of benzene rings is 2. The minimum atomic E-state index is 0.273. The van der Waals surface area contributed by atoms with Crippen LogP contribution >= 0.6 is 0 Å². The Hall–Kier alpha value is -2.07. The molecule has 0 saturated carbocycles. The summed E-state index contributed by atoms with van der Waals surface area (Å²) in [5, 5.41) is 8.27. The van der Waals surface area contributed by atoms with Crippen molar-refractivity contribution in [3.63, 3.8) is 0 Å². The second-order valence-electron chi connectivity index (χ2n) is 4.94. The van der Waals surface area contributed by atoms with Crippen LogP contribution in [0.3, 0.4) is 0 Å². The van der Waals surface area contributed by atoms with Gasteiger partial charge in [-0.2, -0.15) is 5.26 Å². The minimum absolute atomic E-state index is 0.273. The second kappa shape index (κ2) is 6.61. The lowest BCUT2D eigenvalue weighted by Gasteiger charge is -2.17. The quantitative estimate of drug-likeness (QED) is 0.673. The number of nitriles is 1.